The van der Waals surface area contributed by atoms with Gasteiger partial charge in [-0.05, 0) is 109 Å². The summed E-state index contributed by atoms with van der Waals surface area (Å²) in [7, 11) is 0. The Morgan fingerprint density at radius 2 is 0.506 bits per heavy atom. The van der Waals surface area contributed by atoms with Crippen molar-refractivity contribution in [2.75, 3.05) is 13.2 Å². The molecular formula is C71H118O6. The van der Waals surface area contributed by atoms with Crippen LogP contribution in [0, 0.1) is 0 Å². The number of unbranched alkanes of at least 4 members (excludes halogenated alkanes) is 26. The number of hydrogen-bond donors (Lipinski definition) is 0. The normalized spacial score (nSPS) is 12.9. The van der Waals surface area contributed by atoms with Crippen LogP contribution in [0.15, 0.2) is 122 Å². The van der Waals surface area contributed by atoms with Crippen LogP contribution in [0.2, 0.25) is 0 Å². The Morgan fingerprint density at radius 1 is 0.273 bits per heavy atom. The highest BCUT2D eigenvalue weighted by Gasteiger charge is 2.19. The van der Waals surface area contributed by atoms with Crippen LogP contribution < -0.4 is 0 Å². The van der Waals surface area contributed by atoms with E-state index < -0.39 is 6.10 Å². The second kappa shape index (κ2) is 64.3. The monoisotopic (exact) mass is 1070 g/mol. The van der Waals surface area contributed by atoms with Gasteiger partial charge in [-0.15, -0.1) is 0 Å². The Hall–Kier alpha value is -4.19. The zero-order valence-electron chi connectivity index (χ0n) is 50.2. The van der Waals surface area contributed by atoms with E-state index in [1.807, 2.05) is 0 Å². The first kappa shape index (κ1) is 72.8. The zero-order valence-corrected chi connectivity index (χ0v) is 50.2. The molecule has 77 heavy (non-hydrogen) atoms. The van der Waals surface area contributed by atoms with Gasteiger partial charge in [0.1, 0.15) is 13.2 Å². The van der Waals surface area contributed by atoms with E-state index in [2.05, 4.69) is 142 Å². The molecule has 0 aromatic heterocycles. The molecule has 0 aromatic rings. The van der Waals surface area contributed by atoms with Crippen molar-refractivity contribution in [3.8, 4) is 0 Å². The van der Waals surface area contributed by atoms with Gasteiger partial charge in [0.2, 0.25) is 0 Å². The standard InChI is InChI=1S/C71H118O6/c1-4-7-10-13-16-19-22-25-28-30-32-34-35-37-38-40-43-46-49-52-55-58-61-64-70(73)76-67-68(66-75-69(72)63-60-57-54-51-48-45-42-27-24-21-18-15-12-9-6-3)77-71(74)65-62-59-56-53-50-47-44-41-39-36-33-31-29-26-23-20-17-14-11-8-5-2/h7,9-10,12,16,18-19,21,25,27-28,32,34,37-38,42-43,46,48,51,68H,4-6,8,11,13-15,17,20,22-24,26,29-31,33,35-36,39-41,44-45,47,49-50,52-67H2,1-3H3/b10-7-,12-9-,19-16-,21-18-,28-25-,34-32-,38-37-,42-27-,46-43-,51-48-. The summed E-state index contributed by atoms with van der Waals surface area (Å²) in [5.74, 6) is -0.963. The second-order valence-corrected chi connectivity index (χ2v) is 20.9. The molecule has 0 aliphatic rings. The minimum atomic E-state index is -0.809. The van der Waals surface area contributed by atoms with E-state index in [0.29, 0.717) is 19.3 Å². The number of allylic oxidation sites excluding steroid dienone is 20. The van der Waals surface area contributed by atoms with Gasteiger partial charge in [0.25, 0.3) is 0 Å². The van der Waals surface area contributed by atoms with Crippen LogP contribution in [-0.2, 0) is 28.6 Å². The lowest BCUT2D eigenvalue weighted by molar-refractivity contribution is -0.167. The van der Waals surface area contributed by atoms with Gasteiger partial charge in [0.15, 0.2) is 6.10 Å². The molecule has 1 unspecified atom stereocenters. The van der Waals surface area contributed by atoms with Crippen LogP contribution in [-0.4, -0.2) is 37.2 Å². The van der Waals surface area contributed by atoms with Crippen molar-refractivity contribution in [2.24, 2.45) is 0 Å². The van der Waals surface area contributed by atoms with Crippen LogP contribution in [0.1, 0.15) is 290 Å². The molecule has 0 fully saturated rings. The maximum absolute atomic E-state index is 12.9. The van der Waals surface area contributed by atoms with Crippen molar-refractivity contribution in [3.63, 3.8) is 0 Å². The number of hydrogen-bond acceptors (Lipinski definition) is 6. The summed E-state index contributed by atoms with van der Waals surface area (Å²) >= 11 is 0. The highest BCUT2D eigenvalue weighted by molar-refractivity contribution is 5.71. The first-order valence-electron chi connectivity index (χ1n) is 32.0. The third kappa shape index (κ3) is 62.5. The first-order valence-corrected chi connectivity index (χ1v) is 32.0. The SMILES string of the molecule is CC/C=C\C/C=C\C/C=C\C/C=C\C/C=C\C/C=C\CCCCCCC(=O)OCC(COC(=O)CCCC/C=C\C/C=C\C/C=C\C/C=C\CC)OC(=O)CCCCCCCCCCCCCCCCCCCCCCC. The van der Waals surface area contributed by atoms with Gasteiger partial charge < -0.3 is 14.2 Å². The van der Waals surface area contributed by atoms with Crippen LogP contribution in [0.3, 0.4) is 0 Å². The van der Waals surface area contributed by atoms with Crippen molar-refractivity contribution in [2.45, 2.75) is 297 Å². The highest BCUT2D eigenvalue weighted by Crippen LogP contribution is 2.16. The number of carbonyl (C=O) groups excluding carboxylic acids is 3. The molecule has 6 heteroatoms. The van der Waals surface area contributed by atoms with Crippen molar-refractivity contribution in [1.29, 1.82) is 0 Å². The van der Waals surface area contributed by atoms with E-state index in [9.17, 15) is 14.4 Å². The molecule has 0 radical (unpaired) electrons. The van der Waals surface area contributed by atoms with Gasteiger partial charge in [-0.1, -0.05) is 284 Å². The van der Waals surface area contributed by atoms with Crippen LogP contribution >= 0.6 is 0 Å². The Bertz CT molecular complexity index is 1600. The second-order valence-electron chi connectivity index (χ2n) is 20.9. The third-order valence-corrected chi connectivity index (χ3v) is 13.5. The van der Waals surface area contributed by atoms with E-state index in [-0.39, 0.29) is 31.1 Å². The lowest BCUT2D eigenvalue weighted by Gasteiger charge is -2.18. The van der Waals surface area contributed by atoms with Gasteiger partial charge in [-0.25, -0.2) is 0 Å². The summed E-state index contributed by atoms with van der Waals surface area (Å²) < 4.78 is 16.9. The minimum Gasteiger partial charge on any atom is -0.462 e. The van der Waals surface area contributed by atoms with Crippen molar-refractivity contribution >= 4 is 17.9 Å². The number of carbonyl (C=O) groups is 3. The maximum Gasteiger partial charge on any atom is 0.306 e. The smallest absolute Gasteiger partial charge is 0.306 e. The molecule has 0 rings (SSSR count). The van der Waals surface area contributed by atoms with E-state index in [4.69, 9.17) is 14.2 Å². The molecule has 0 aliphatic heterocycles. The molecule has 0 amide bonds. The number of esters is 3. The van der Waals surface area contributed by atoms with E-state index in [1.165, 1.54) is 116 Å². The quantitative estimate of drug-likeness (QED) is 0.0261. The Balaban J connectivity index is 4.45. The fourth-order valence-electron chi connectivity index (χ4n) is 8.73. The lowest BCUT2D eigenvalue weighted by atomic mass is 10.0. The molecule has 0 saturated carbocycles. The number of rotatable bonds is 57. The maximum atomic E-state index is 12.9. The van der Waals surface area contributed by atoms with Crippen molar-refractivity contribution in [1.82, 2.24) is 0 Å². The van der Waals surface area contributed by atoms with Crippen molar-refractivity contribution < 1.29 is 28.6 Å². The molecule has 0 saturated heterocycles. The molecule has 6 nitrogen and oxygen atoms in total. The molecular weight excluding hydrogens is 949 g/mol. The predicted molar refractivity (Wildman–Crippen MR) is 334 cm³/mol. The molecule has 0 N–H and O–H groups in total. The summed E-state index contributed by atoms with van der Waals surface area (Å²) in [6.45, 7) is 6.38. The fourth-order valence-corrected chi connectivity index (χ4v) is 8.73. The van der Waals surface area contributed by atoms with Gasteiger partial charge in [0, 0.05) is 19.3 Å². The van der Waals surface area contributed by atoms with E-state index >= 15 is 0 Å². The molecule has 0 aliphatic carbocycles. The zero-order chi connectivity index (χ0) is 55.7. The largest absolute Gasteiger partial charge is 0.462 e. The Morgan fingerprint density at radius 3 is 0.818 bits per heavy atom. The Labute approximate surface area is 475 Å². The molecule has 438 valence electrons. The Kier molecular flexibility index (Phi) is 60.8. The van der Waals surface area contributed by atoms with Gasteiger partial charge in [-0.3, -0.25) is 14.4 Å². The summed E-state index contributed by atoms with van der Waals surface area (Å²) in [5.41, 5.74) is 0. The van der Waals surface area contributed by atoms with Gasteiger partial charge in [0.05, 0.1) is 0 Å². The summed E-state index contributed by atoms with van der Waals surface area (Å²) in [6.07, 6.45) is 89.2. The number of ether oxygens (including phenoxy) is 3. The fraction of sp³-hybridized carbons (Fsp3) is 0.676. The summed E-state index contributed by atoms with van der Waals surface area (Å²) in [5, 5.41) is 0. The van der Waals surface area contributed by atoms with Crippen LogP contribution in [0.4, 0.5) is 0 Å². The molecule has 0 aromatic carbocycles. The summed E-state index contributed by atoms with van der Waals surface area (Å²) in [6, 6.07) is 0. The molecule has 0 heterocycles. The first-order chi connectivity index (χ1) is 38.0. The van der Waals surface area contributed by atoms with E-state index in [0.717, 1.165) is 135 Å². The summed E-state index contributed by atoms with van der Waals surface area (Å²) in [4.78, 5) is 38.3. The topological polar surface area (TPSA) is 78.9 Å². The predicted octanol–water partition coefficient (Wildman–Crippen LogP) is 22.0. The minimum absolute atomic E-state index is 0.105. The van der Waals surface area contributed by atoms with Crippen molar-refractivity contribution in [3.05, 3.63) is 122 Å². The lowest BCUT2D eigenvalue weighted by Crippen LogP contribution is -2.30. The van der Waals surface area contributed by atoms with Gasteiger partial charge >= 0.3 is 17.9 Å². The molecule has 1 atom stereocenters. The van der Waals surface area contributed by atoms with Gasteiger partial charge in [-0.2, -0.15) is 0 Å². The molecule has 0 bridgehead atoms. The average molecular weight is 1070 g/mol. The highest BCUT2D eigenvalue weighted by atomic mass is 16.6. The average Bonchev–Trinajstić information content (AvgIpc) is 3.43. The van der Waals surface area contributed by atoms with E-state index in [1.54, 1.807) is 0 Å². The third-order valence-electron chi connectivity index (χ3n) is 13.5. The molecule has 0 spiro atoms. The van der Waals surface area contributed by atoms with Crippen LogP contribution in [0.5, 0.6) is 0 Å². The van der Waals surface area contributed by atoms with Crippen LogP contribution in [0.25, 0.3) is 0 Å².